The largest absolute Gasteiger partial charge is 0.418 e. The summed E-state index contributed by atoms with van der Waals surface area (Å²) in [5.74, 6) is 0. The molecule has 0 aliphatic carbocycles. The van der Waals surface area contributed by atoms with Crippen molar-refractivity contribution < 1.29 is 13.2 Å². The van der Waals surface area contributed by atoms with E-state index in [-0.39, 0.29) is 5.69 Å². The summed E-state index contributed by atoms with van der Waals surface area (Å²) >= 11 is 11.9. The second-order valence-electron chi connectivity index (χ2n) is 4.05. The van der Waals surface area contributed by atoms with E-state index >= 15 is 0 Å². The number of alkyl halides is 3. The van der Waals surface area contributed by atoms with E-state index in [9.17, 15) is 13.2 Å². The summed E-state index contributed by atoms with van der Waals surface area (Å²) in [7, 11) is 0. The summed E-state index contributed by atoms with van der Waals surface area (Å²) in [6.07, 6.45) is -3.18. The highest BCUT2D eigenvalue weighted by molar-refractivity contribution is 6.38. The SMILES string of the molecule is FC(F)(F)c1ccccc1N/N=C\c1c(Cl)cccc1Cl. The Morgan fingerprint density at radius 2 is 1.57 bits per heavy atom. The number of hydrazone groups is 1. The lowest BCUT2D eigenvalue weighted by atomic mass is 10.2. The van der Waals surface area contributed by atoms with Crippen LogP contribution in [0.4, 0.5) is 18.9 Å². The molecule has 0 aliphatic heterocycles. The van der Waals surface area contributed by atoms with Gasteiger partial charge in [-0.05, 0) is 24.3 Å². The fraction of sp³-hybridized carbons (Fsp3) is 0.0714. The molecule has 0 atom stereocenters. The lowest BCUT2D eigenvalue weighted by Crippen LogP contribution is -2.08. The zero-order chi connectivity index (χ0) is 15.5. The van der Waals surface area contributed by atoms with Crippen LogP contribution in [0.3, 0.4) is 0 Å². The Kier molecular flexibility index (Phi) is 4.75. The standard InChI is InChI=1S/C14H9Cl2F3N2/c15-11-5-3-6-12(16)9(11)8-20-21-13-7-2-1-4-10(13)14(17,18)19/h1-8,21H/b20-8-. The molecule has 1 N–H and O–H groups in total. The zero-order valence-corrected chi connectivity index (χ0v) is 12.0. The van der Waals surface area contributed by atoms with Crippen molar-refractivity contribution in [1.82, 2.24) is 0 Å². The van der Waals surface area contributed by atoms with E-state index in [0.717, 1.165) is 6.07 Å². The van der Waals surface area contributed by atoms with Crippen LogP contribution in [0.2, 0.25) is 10.0 Å². The number of rotatable bonds is 3. The van der Waals surface area contributed by atoms with Gasteiger partial charge in [-0.1, -0.05) is 41.4 Å². The van der Waals surface area contributed by atoms with Crippen molar-refractivity contribution in [3.8, 4) is 0 Å². The highest BCUT2D eigenvalue weighted by atomic mass is 35.5. The molecule has 2 aromatic carbocycles. The molecule has 0 radical (unpaired) electrons. The monoisotopic (exact) mass is 332 g/mol. The average Bonchev–Trinajstić information content (AvgIpc) is 2.41. The topological polar surface area (TPSA) is 24.4 Å². The Balaban J connectivity index is 2.23. The Morgan fingerprint density at radius 3 is 2.19 bits per heavy atom. The number of nitrogens with one attached hydrogen (secondary N) is 1. The van der Waals surface area contributed by atoms with Crippen LogP contribution < -0.4 is 5.43 Å². The smallest absolute Gasteiger partial charge is 0.278 e. The number of halogens is 5. The first-order chi connectivity index (χ1) is 9.89. The summed E-state index contributed by atoms with van der Waals surface area (Å²) in [5.41, 5.74) is 1.84. The molecule has 2 rings (SSSR count). The first-order valence-electron chi connectivity index (χ1n) is 5.79. The normalized spacial score (nSPS) is 11.9. The molecule has 0 saturated carbocycles. The summed E-state index contributed by atoms with van der Waals surface area (Å²) in [4.78, 5) is 0. The van der Waals surface area contributed by atoms with Crippen LogP contribution >= 0.6 is 23.2 Å². The lowest BCUT2D eigenvalue weighted by Gasteiger charge is -2.11. The van der Waals surface area contributed by atoms with Crippen LogP contribution in [-0.4, -0.2) is 6.21 Å². The van der Waals surface area contributed by atoms with E-state index in [1.807, 2.05) is 0 Å². The van der Waals surface area contributed by atoms with Crippen LogP contribution in [-0.2, 0) is 6.18 Å². The minimum atomic E-state index is -4.46. The predicted octanol–water partition coefficient (Wildman–Crippen LogP) is 5.46. The molecule has 0 bridgehead atoms. The fourth-order valence-corrected chi connectivity index (χ4v) is 2.12. The van der Waals surface area contributed by atoms with Crippen LogP contribution in [0.5, 0.6) is 0 Å². The van der Waals surface area contributed by atoms with Crippen LogP contribution in [0.15, 0.2) is 47.6 Å². The van der Waals surface area contributed by atoms with Gasteiger partial charge in [0.05, 0.1) is 27.5 Å². The van der Waals surface area contributed by atoms with Gasteiger partial charge in [-0.15, -0.1) is 0 Å². The molecule has 2 aromatic rings. The van der Waals surface area contributed by atoms with Gasteiger partial charge in [0.2, 0.25) is 0 Å². The highest BCUT2D eigenvalue weighted by Gasteiger charge is 2.33. The molecular weight excluding hydrogens is 324 g/mol. The number of nitrogens with zero attached hydrogens (tertiary/aromatic N) is 1. The molecule has 0 aliphatic rings. The molecule has 21 heavy (non-hydrogen) atoms. The molecule has 0 amide bonds. The number of anilines is 1. The third-order valence-corrected chi connectivity index (χ3v) is 3.27. The first-order valence-corrected chi connectivity index (χ1v) is 6.54. The van der Waals surface area contributed by atoms with E-state index < -0.39 is 11.7 Å². The van der Waals surface area contributed by atoms with Gasteiger partial charge in [-0.3, -0.25) is 5.43 Å². The van der Waals surface area contributed by atoms with Crippen molar-refractivity contribution in [3.05, 3.63) is 63.6 Å². The summed E-state index contributed by atoms with van der Waals surface area (Å²) in [6, 6.07) is 9.93. The lowest BCUT2D eigenvalue weighted by molar-refractivity contribution is -0.136. The van der Waals surface area contributed by atoms with Crippen molar-refractivity contribution in [3.63, 3.8) is 0 Å². The summed E-state index contributed by atoms with van der Waals surface area (Å²) in [5, 5.41) is 4.48. The fourth-order valence-electron chi connectivity index (χ4n) is 1.63. The quantitative estimate of drug-likeness (QED) is 0.585. The number of hydrogen-bond acceptors (Lipinski definition) is 2. The van der Waals surface area contributed by atoms with Crippen molar-refractivity contribution in [2.45, 2.75) is 6.18 Å². The van der Waals surface area contributed by atoms with Crippen molar-refractivity contribution in [2.24, 2.45) is 5.10 Å². The van der Waals surface area contributed by atoms with Gasteiger partial charge in [0, 0.05) is 5.56 Å². The van der Waals surface area contributed by atoms with E-state index in [4.69, 9.17) is 23.2 Å². The first kappa shape index (κ1) is 15.7. The van der Waals surface area contributed by atoms with E-state index in [0.29, 0.717) is 15.6 Å². The maximum Gasteiger partial charge on any atom is 0.418 e. The minimum Gasteiger partial charge on any atom is -0.278 e. The number of hydrogen-bond donors (Lipinski definition) is 1. The Labute approximate surface area is 129 Å². The van der Waals surface area contributed by atoms with Gasteiger partial charge in [-0.2, -0.15) is 18.3 Å². The molecule has 0 aromatic heterocycles. The van der Waals surface area contributed by atoms with E-state index in [1.165, 1.54) is 24.4 Å². The minimum absolute atomic E-state index is 0.149. The van der Waals surface area contributed by atoms with Crippen molar-refractivity contribution in [1.29, 1.82) is 0 Å². The molecular formula is C14H9Cl2F3N2. The third kappa shape index (κ3) is 3.89. The summed E-state index contributed by atoms with van der Waals surface area (Å²) in [6.45, 7) is 0. The summed E-state index contributed by atoms with van der Waals surface area (Å²) < 4.78 is 38.4. The van der Waals surface area contributed by atoms with E-state index in [1.54, 1.807) is 18.2 Å². The Hall–Kier alpha value is -1.72. The maximum atomic E-state index is 12.8. The molecule has 0 saturated heterocycles. The van der Waals surface area contributed by atoms with Crippen LogP contribution in [0.1, 0.15) is 11.1 Å². The number of benzene rings is 2. The highest BCUT2D eigenvalue weighted by Crippen LogP contribution is 2.34. The Bertz CT molecular complexity index is 649. The maximum absolute atomic E-state index is 12.8. The van der Waals surface area contributed by atoms with Gasteiger partial charge >= 0.3 is 6.18 Å². The molecule has 0 heterocycles. The van der Waals surface area contributed by atoms with Gasteiger partial charge < -0.3 is 0 Å². The van der Waals surface area contributed by atoms with Crippen molar-refractivity contribution in [2.75, 3.05) is 5.43 Å². The molecule has 110 valence electrons. The van der Waals surface area contributed by atoms with Gasteiger partial charge in [0.1, 0.15) is 0 Å². The Morgan fingerprint density at radius 1 is 0.952 bits per heavy atom. The molecule has 0 spiro atoms. The van der Waals surface area contributed by atoms with Crippen molar-refractivity contribution >= 4 is 35.1 Å². The third-order valence-electron chi connectivity index (χ3n) is 2.61. The average molecular weight is 333 g/mol. The van der Waals surface area contributed by atoms with Crippen LogP contribution in [0, 0.1) is 0 Å². The molecule has 7 heteroatoms. The molecule has 0 unspecified atom stereocenters. The second-order valence-corrected chi connectivity index (χ2v) is 4.86. The van der Waals surface area contributed by atoms with Gasteiger partial charge in [0.15, 0.2) is 0 Å². The van der Waals surface area contributed by atoms with Gasteiger partial charge in [0.25, 0.3) is 0 Å². The molecule has 2 nitrogen and oxygen atoms in total. The predicted molar refractivity (Wildman–Crippen MR) is 79.1 cm³/mol. The molecule has 0 fully saturated rings. The van der Waals surface area contributed by atoms with Crippen LogP contribution in [0.25, 0.3) is 0 Å². The number of para-hydroxylation sites is 1. The second kappa shape index (κ2) is 6.37. The zero-order valence-electron chi connectivity index (χ0n) is 10.5. The van der Waals surface area contributed by atoms with E-state index in [2.05, 4.69) is 10.5 Å². The van der Waals surface area contributed by atoms with Gasteiger partial charge in [-0.25, -0.2) is 0 Å².